The van der Waals surface area contributed by atoms with Crippen molar-refractivity contribution in [2.45, 2.75) is 5.03 Å². The Balaban J connectivity index is 2.87. The SMILES string of the molecule is NSc1[nH]c2ccc(F)c(F)c2c1F. The van der Waals surface area contributed by atoms with Crippen molar-refractivity contribution in [1.29, 1.82) is 0 Å². The molecule has 0 spiro atoms. The summed E-state index contributed by atoms with van der Waals surface area (Å²) in [5.41, 5.74) is 0.189. The average Bonchev–Trinajstić information content (AvgIpc) is 2.50. The van der Waals surface area contributed by atoms with Crippen LogP contribution in [0.1, 0.15) is 0 Å². The van der Waals surface area contributed by atoms with Gasteiger partial charge in [0.15, 0.2) is 17.5 Å². The molecule has 0 amide bonds. The van der Waals surface area contributed by atoms with E-state index in [2.05, 4.69) is 4.98 Å². The summed E-state index contributed by atoms with van der Waals surface area (Å²) in [6.45, 7) is 0. The number of nitrogens with two attached hydrogens (primary N) is 1. The van der Waals surface area contributed by atoms with Crippen molar-refractivity contribution in [3.8, 4) is 0 Å². The summed E-state index contributed by atoms with van der Waals surface area (Å²) >= 11 is 0.616. The summed E-state index contributed by atoms with van der Waals surface area (Å²) < 4.78 is 39.2. The number of benzene rings is 1. The zero-order valence-electron chi connectivity index (χ0n) is 6.77. The Hall–Kier alpha value is -1.14. The summed E-state index contributed by atoms with van der Waals surface area (Å²) in [6, 6.07) is 2.19. The van der Waals surface area contributed by atoms with E-state index in [9.17, 15) is 13.2 Å². The van der Waals surface area contributed by atoms with Crippen LogP contribution < -0.4 is 5.14 Å². The molecule has 0 unspecified atom stereocenters. The van der Waals surface area contributed by atoms with Crippen molar-refractivity contribution in [3.05, 3.63) is 29.6 Å². The van der Waals surface area contributed by atoms with Gasteiger partial charge in [-0.3, -0.25) is 5.14 Å². The van der Waals surface area contributed by atoms with Gasteiger partial charge >= 0.3 is 0 Å². The van der Waals surface area contributed by atoms with E-state index in [0.29, 0.717) is 11.9 Å². The van der Waals surface area contributed by atoms with Crippen LogP contribution in [0.15, 0.2) is 17.2 Å². The van der Waals surface area contributed by atoms with Gasteiger partial charge in [-0.05, 0) is 24.1 Å². The summed E-state index contributed by atoms with van der Waals surface area (Å²) in [5.74, 6) is -3.13. The number of aromatic amines is 1. The molecule has 0 saturated heterocycles. The lowest BCUT2D eigenvalue weighted by Crippen LogP contribution is -1.85. The van der Waals surface area contributed by atoms with Crippen LogP contribution in [0.4, 0.5) is 13.2 Å². The van der Waals surface area contributed by atoms with Gasteiger partial charge in [0, 0.05) is 0 Å². The molecule has 0 saturated carbocycles. The van der Waals surface area contributed by atoms with Crippen molar-refractivity contribution >= 4 is 22.9 Å². The first-order chi connectivity index (χ1) is 6.65. The third kappa shape index (κ3) is 1.18. The number of hydrogen-bond acceptors (Lipinski definition) is 2. The van der Waals surface area contributed by atoms with Gasteiger partial charge < -0.3 is 4.98 Å². The van der Waals surface area contributed by atoms with E-state index in [1.807, 2.05) is 0 Å². The third-order valence-corrected chi connectivity index (χ3v) is 2.40. The summed E-state index contributed by atoms with van der Waals surface area (Å²) in [7, 11) is 0. The first-order valence-electron chi connectivity index (χ1n) is 3.67. The monoisotopic (exact) mass is 218 g/mol. The number of halogens is 3. The molecule has 1 aromatic heterocycles. The predicted molar refractivity (Wildman–Crippen MR) is 48.2 cm³/mol. The fourth-order valence-electron chi connectivity index (χ4n) is 1.24. The fraction of sp³-hybridized carbons (Fsp3) is 0. The molecule has 0 atom stereocenters. The molecule has 0 aliphatic heterocycles. The van der Waals surface area contributed by atoms with E-state index in [1.165, 1.54) is 6.07 Å². The number of fused-ring (bicyclic) bond motifs is 1. The smallest absolute Gasteiger partial charge is 0.171 e. The highest BCUT2D eigenvalue weighted by molar-refractivity contribution is 7.97. The lowest BCUT2D eigenvalue weighted by Gasteiger charge is -1.93. The molecule has 2 nitrogen and oxygen atoms in total. The maximum atomic E-state index is 13.3. The Morgan fingerprint density at radius 1 is 1.14 bits per heavy atom. The minimum Gasteiger partial charge on any atom is -0.346 e. The van der Waals surface area contributed by atoms with Gasteiger partial charge in [-0.15, -0.1) is 0 Å². The molecule has 1 aromatic carbocycles. The first kappa shape index (κ1) is 9.42. The molecule has 2 aromatic rings. The average molecular weight is 218 g/mol. The predicted octanol–water partition coefficient (Wildman–Crippen LogP) is 2.55. The molecule has 14 heavy (non-hydrogen) atoms. The summed E-state index contributed by atoms with van der Waals surface area (Å²) in [6.07, 6.45) is 0. The lowest BCUT2D eigenvalue weighted by atomic mass is 10.2. The third-order valence-electron chi connectivity index (χ3n) is 1.88. The molecule has 0 aliphatic rings. The van der Waals surface area contributed by atoms with Gasteiger partial charge in [-0.2, -0.15) is 0 Å². The quantitative estimate of drug-likeness (QED) is 0.722. The minimum atomic E-state index is -1.20. The van der Waals surface area contributed by atoms with Crippen molar-refractivity contribution < 1.29 is 13.2 Å². The zero-order valence-corrected chi connectivity index (χ0v) is 7.59. The Morgan fingerprint density at radius 3 is 2.50 bits per heavy atom. The zero-order chi connectivity index (χ0) is 10.3. The van der Waals surface area contributed by atoms with E-state index in [1.54, 1.807) is 0 Å². The largest absolute Gasteiger partial charge is 0.346 e. The molecule has 1 heterocycles. The van der Waals surface area contributed by atoms with Gasteiger partial charge in [-0.1, -0.05) is 0 Å². The molecule has 6 heteroatoms. The second kappa shape index (κ2) is 3.21. The molecule has 0 aliphatic carbocycles. The van der Waals surface area contributed by atoms with Crippen LogP contribution in [0.25, 0.3) is 10.9 Å². The van der Waals surface area contributed by atoms with E-state index >= 15 is 0 Å². The van der Waals surface area contributed by atoms with Crippen LogP contribution in [0.3, 0.4) is 0 Å². The highest BCUT2D eigenvalue weighted by Crippen LogP contribution is 2.28. The van der Waals surface area contributed by atoms with E-state index < -0.39 is 22.8 Å². The fourth-order valence-corrected chi connectivity index (χ4v) is 1.62. The van der Waals surface area contributed by atoms with Crippen LogP contribution in [-0.2, 0) is 0 Å². The van der Waals surface area contributed by atoms with Crippen LogP contribution in [0.2, 0.25) is 0 Å². The van der Waals surface area contributed by atoms with Gasteiger partial charge in [0.05, 0.1) is 10.9 Å². The number of nitrogens with one attached hydrogen (secondary N) is 1. The van der Waals surface area contributed by atoms with E-state index in [0.717, 1.165) is 6.07 Å². The Bertz CT molecular complexity index is 495. The van der Waals surface area contributed by atoms with Crippen molar-refractivity contribution in [1.82, 2.24) is 4.98 Å². The van der Waals surface area contributed by atoms with E-state index in [4.69, 9.17) is 5.14 Å². The molecule has 0 radical (unpaired) electrons. The minimum absolute atomic E-state index is 0.00972. The summed E-state index contributed by atoms with van der Waals surface area (Å²) in [4.78, 5) is 2.54. The highest BCUT2D eigenvalue weighted by Gasteiger charge is 2.17. The van der Waals surface area contributed by atoms with Crippen LogP contribution >= 0.6 is 11.9 Å². The van der Waals surface area contributed by atoms with Crippen LogP contribution in [0.5, 0.6) is 0 Å². The van der Waals surface area contributed by atoms with Crippen molar-refractivity contribution in [3.63, 3.8) is 0 Å². The summed E-state index contributed by atoms with van der Waals surface area (Å²) in [5, 5.41) is 4.73. The molecule has 0 bridgehead atoms. The first-order valence-corrected chi connectivity index (χ1v) is 4.55. The van der Waals surface area contributed by atoms with Crippen molar-refractivity contribution in [2.75, 3.05) is 0 Å². The molecule has 0 fully saturated rings. The standard InChI is InChI=1S/C8H5F3N2S/c9-3-1-2-4-5(6(3)10)7(11)8(13-4)14-12/h1-2,13H,12H2. The lowest BCUT2D eigenvalue weighted by molar-refractivity contribution is 0.511. The molecular formula is C8H5F3N2S. The van der Waals surface area contributed by atoms with E-state index in [-0.39, 0.29) is 10.5 Å². The Labute approximate surface area is 81.4 Å². The van der Waals surface area contributed by atoms with Gasteiger partial charge in [-0.25, -0.2) is 13.2 Å². The van der Waals surface area contributed by atoms with Crippen molar-refractivity contribution in [2.24, 2.45) is 5.14 Å². The number of rotatable bonds is 1. The van der Waals surface area contributed by atoms with Crippen LogP contribution in [0, 0.1) is 17.5 Å². The van der Waals surface area contributed by atoms with Gasteiger partial charge in [0.2, 0.25) is 0 Å². The molecule has 3 N–H and O–H groups in total. The number of aromatic nitrogens is 1. The highest BCUT2D eigenvalue weighted by atomic mass is 32.2. The molecular weight excluding hydrogens is 213 g/mol. The number of H-pyrrole nitrogens is 1. The van der Waals surface area contributed by atoms with Gasteiger partial charge in [0.1, 0.15) is 5.03 Å². The molecule has 2 rings (SSSR count). The Morgan fingerprint density at radius 2 is 1.86 bits per heavy atom. The normalized spacial score (nSPS) is 11.1. The van der Waals surface area contributed by atoms with Gasteiger partial charge in [0.25, 0.3) is 0 Å². The Kier molecular flexibility index (Phi) is 2.16. The number of hydrogen-bond donors (Lipinski definition) is 2. The maximum Gasteiger partial charge on any atom is 0.171 e. The second-order valence-corrected chi connectivity index (χ2v) is 3.31. The molecule has 74 valence electrons. The topological polar surface area (TPSA) is 41.8 Å². The van der Waals surface area contributed by atoms with Crippen LogP contribution in [-0.4, -0.2) is 4.98 Å². The second-order valence-electron chi connectivity index (χ2n) is 2.67. The maximum absolute atomic E-state index is 13.3.